The van der Waals surface area contributed by atoms with E-state index < -0.39 is 0 Å². The first kappa shape index (κ1) is 13.4. The minimum absolute atomic E-state index is 0.0280. The zero-order chi connectivity index (χ0) is 12.3. The molecule has 1 aromatic rings. The molecule has 4 heteroatoms. The Balaban J connectivity index is 2.00. The fraction of sp³-hybridized carbons (Fsp3) is 0.385. The van der Waals surface area contributed by atoms with Crippen molar-refractivity contribution in [2.75, 3.05) is 13.1 Å². The molecule has 92 valence electrons. The van der Waals surface area contributed by atoms with Gasteiger partial charge < -0.3 is 10.6 Å². The number of rotatable bonds is 7. The highest BCUT2D eigenvalue weighted by Gasteiger charge is 1.94. The molecule has 2 N–H and O–H groups in total. The standard InChI is InChI=1S/C13H19N3O/c1-2-5-13(17)16-9-4-8-15-11-12-6-3-7-14-10-12/h2-3,5-7,10,15H,4,8-9,11H2,1H3,(H,16,17)/b5-2+. The Labute approximate surface area is 102 Å². The molecule has 0 aliphatic heterocycles. The Morgan fingerprint density at radius 2 is 2.35 bits per heavy atom. The van der Waals surface area contributed by atoms with E-state index in [2.05, 4.69) is 15.6 Å². The van der Waals surface area contributed by atoms with Crippen LogP contribution >= 0.6 is 0 Å². The average molecular weight is 233 g/mol. The first-order valence-corrected chi connectivity index (χ1v) is 5.83. The number of carbonyl (C=O) groups is 1. The van der Waals surface area contributed by atoms with Crippen molar-refractivity contribution >= 4 is 5.91 Å². The highest BCUT2D eigenvalue weighted by Crippen LogP contribution is 1.93. The third-order valence-corrected chi connectivity index (χ3v) is 2.20. The van der Waals surface area contributed by atoms with Crippen LogP contribution in [0.4, 0.5) is 0 Å². The van der Waals surface area contributed by atoms with Crippen LogP contribution in [0, 0.1) is 0 Å². The number of carbonyl (C=O) groups excluding carboxylic acids is 1. The summed E-state index contributed by atoms with van der Waals surface area (Å²) in [6, 6.07) is 3.96. The molecule has 0 aliphatic rings. The fourth-order valence-electron chi connectivity index (χ4n) is 1.37. The van der Waals surface area contributed by atoms with Crippen molar-refractivity contribution in [2.24, 2.45) is 0 Å². The van der Waals surface area contributed by atoms with Crippen LogP contribution in [0.5, 0.6) is 0 Å². The summed E-state index contributed by atoms with van der Waals surface area (Å²) in [5.41, 5.74) is 1.17. The van der Waals surface area contributed by atoms with E-state index in [9.17, 15) is 4.79 Å². The summed E-state index contributed by atoms with van der Waals surface area (Å²) in [6.07, 6.45) is 7.80. The van der Waals surface area contributed by atoms with Crippen LogP contribution in [0.3, 0.4) is 0 Å². The molecule has 17 heavy (non-hydrogen) atoms. The highest BCUT2D eigenvalue weighted by molar-refractivity contribution is 5.87. The Bertz CT molecular complexity index is 349. The van der Waals surface area contributed by atoms with Crippen molar-refractivity contribution in [3.63, 3.8) is 0 Å². The topological polar surface area (TPSA) is 54.0 Å². The summed E-state index contributed by atoms with van der Waals surface area (Å²) < 4.78 is 0. The molecule has 0 atom stereocenters. The van der Waals surface area contributed by atoms with Gasteiger partial charge in [-0.2, -0.15) is 0 Å². The predicted octanol–water partition coefficient (Wildman–Crippen LogP) is 1.25. The van der Waals surface area contributed by atoms with Gasteiger partial charge in [0.1, 0.15) is 0 Å². The molecule has 0 spiro atoms. The van der Waals surface area contributed by atoms with Gasteiger partial charge >= 0.3 is 0 Å². The number of aromatic nitrogens is 1. The van der Waals surface area contributed by atoms with Gasteiger partial charge in [0.2, 0.25) is 5.91 Å². The van der Waals surface area contributed by atoms with Crippen LogP contribution < -0.4 is 10.6 Å². The van der Waals surface area contributed by atoms with Gasteiger partial charge in [0.25, 0.3) is 0 Å². The molecular formula is C13H19N3O. The molecule has 0 bridgehead atoms. The number of amides is 1. The quantitative estimate of drug-likeness (QED) is 0.550. The van der Waals surface area contributed by atoms with E-state index in [4.69, 9.17) is 0 Å². The lowest BCUT2D eigenvalue weighted by Crippen LogP contribution is -2.25. The molecule has 0 unspecified atom stereocenters. The van der Waals surface area contributed by atoms with Gasteiger partial charge in [-0.15, -0.1) is 0 Å². The molecule has 0 saturated heterocycles. The lowest BCUT2D eigenvalue weighted by molar-refractivity contribution is -0.116. The van der Waals surface area contributed by atoms with Crippen molar-refractivity contribution in [2.45, 2.75) is 19.9 Å². The van der Waals surface area contributed by atoms with Crippen molar-refractivity contribution < 1.29 is 4.79 Å². The molecule has 1 aromatic heterocycles. The predicted molar refractivity (Wildman–Crippen MR) is 68.4 cm³/mol. The second-order valence-electron chi connectivity index (χ2n) is 3.68. The van der Waals surface area contributed by atoms with E-state index in [-0.39, 0.29) is 5.91 Å². The van der Waals surface area contributed by atoms with E-state index in [0.717, 1.165) is 19.5 Å². The Hall–Kier alpha value is -1.68. The molecular weight excluding hydrogens is 214 g/mol. The maximum Gasteiger partial charge on any atom is 0.243 e. The van der Waals surface area contributed by atoms with Crippen molar-refractivity contribution in [1.82, 2.24) is 15.6 Å². The van der Waals surface area contributed by atoms with Gasteiger partial charge in [-0.05, 0) is 37.6 Å². The minimum atomic E-state index is -0.0280. The second-order valence-corrected chi connectivity index (χ2v) is 3.68. The zero-order valence-corrected chi connectivity index (χ0v) is 10.1. The number of hydrogen-bond acceptors (Lipinski definition) is 3. The normalized spacial score (nSPS) is 10.6. The molecule has 0 radical (unpaired) electrons. The minimum Gasteiger partial charge on any atom is -0.353 e. The molecule has 0 saturated carbocycles. The lowest BCUT2D eigenvalue weighted by Gasteiger charge is -2.05. The van der Waals surface area contributed by atoms with Gasteiger partial charge in [-0.25, -0.2) is 0 Å². The lowest BCUT2D eigenvalue weighted by atomic mass is 10.3. The summed E-state index contributed by atoms with van der Waals surface area (Å²) >= 11 is 0. The molecule has 1 heterocycles. The van der Waals surface area contributed by atoms with Gasteiger partial charge in [0.05, 0.1) is 0 Å². The van der Waals surface area contributed by atoms with Gasteiger partial charge in [-0.1, -0.05) is 12.1 Å². The van der Waals surface area contributed by atoms with E-state index in [1.165, 1.54) is 11.6 Å². The van der Waals surface area contributed by atoms with Crippen LogP contribution in [0.25, 0.3) is 0 Å². The van der Waals surface area contributed by atoms with Crippen LogP contribution in [-0.2, 0) is 11.3 Å². The highest BCUT2D eigenvalue weighted by atomic mass is 16.1. The average Bonchev–Trinajstić information content (AvgIpc) is 2.35. The summed E-state index contributed by atoms with van der Waals surface area (Å²) in [6.45, 7) is 4.22. The summed E-state index contributed by atoms with van der Waals surface area (Å²) in [5, 5.41) is 6.10. The second kappa shape index (κ2) is 8.47. The first-order valence-electron chi connectivity index (χ1n) is 5.83. The third kappa shape index (κ3) is 6.48. The number of pyridine rings is 1. The maximum atomic E-state index is 11.1. The zero-order valence-electron chi connectivity index (χ0n) is 10.1. The Kier molecular flexibility index (Phi) is 6.67. The Morgan fingerprint density at radius 3 is 3.06 bits per heavy atom. The number of nitrogens with one attached hydrogen (secondary N) is 2. The van der Waals surface area contributed by atoms with Gasteiger partial charge in [-0.3, -0.25) is 9.78 Å². The van der Waals surface area contributed by atoms with Crippen LogP contribution in [0.1, 0.15) is 18.9 Å². The summed E-state index contributed by atoms with van der Waals surface area (Å²) in [4.78, 5) is 15.1. The number of allylic oxidation sites excluding steroid dienone is 1. The smallest absolute Gasteiger partial charge is 0.243 e. The van der Waals surface area contributed by atoms with Crippen LogP contribution in [0.15, 0.2) is 36.7 Å². The van der Waals surface area contributed by atoms with Crippen molar-refractivity contribution in [1.29, 1.82) is 0 Å². The number of nitrogens with zero attached hydrogens (tertiary/aromatic N) is 1. The van der Waals surface area contributed by atoms with Gasteiger partial charge in [0, 0.05) is 25.5 Å². The van der Waals surface area contributed by atoms with Crippen LogP contribution in [0.2, 0.25) is 0 Å². The van der Waals surface area contributed by atoms with Crippen molar-refractivity contribution in [3.05, 3.63) is 42.2 Å². The first-order chi connectivity index (χ1) is 8.33. The SMILES string of the molecule is C/C=C/C(=O)NCCCNCc1cccnc1. The maximum absolute atomic E-state index is 11.1. The molecule has 0 aliphatic carbocycles. The monoisotopic (exact) mass is 233 g/mol. The Morgan fingerprint density at radius 1 is 1.47 bits per heavy atom. The molecule has 4 nitrogen and oxygen atoms in total. The molecule has 0 aromatic carbocycles. The molecule has 1 rings (SSSR count). The molecule has 1 amide bonds. The van der Waals surface area contributed by atoms with Gasteiger partial charge in [0.15, 0.2) is 0 Å². The van der Waals surface area contributed by atoms with Crippen molar-refractivity contribution in [3.8, 4) is 0 Å². The summed E-state index contributed by atoms with van der Waals surface area (Å²) in [7, 11) is 0. The fourth-order valence-corrected chi connectivity index (χ4v) is 1.37. The number of hydrogen-bond donors (Lipinski definition) is 2. The largest absolute Gasteiger partial charge is 0.353 e. The van der Waals surface area contributed by atoms with E-state index in [0.29, 0.717) is 6.54 Å². The van der Waals surface area contributed by atoms with E-state index >= 15 is 0 Å². The van der Waals surface area contributed by atoms with E-state index in [1.54, 1.807) is 12.3 Å². The summed E-state index contributed by atoms with van der Waals surface area (Å²) in [5.74, 6) is -0.0280. The molecule has 0 fully saturated rings. The third-order valence-electron chi connectivity index (χ3n) is 2.20. The van der Waals surface area contributed by atoms with E-state index in [1.807, 2.05) is 25.3 Å². The van der Waals surface area contributed by atoms with Crippen LogP contribution in [-0.4, -0.2) is 24.0 Å².